The van der Waals surface area contributed by atoms with Crippen molar-refractivity contribution >= 4 is 16.7 Å². The molecule has 0 saturated carbocycles. The fraction of sp³-hybridized carbons (Fsp3) is 0.500. The van der Waals surface area contributed by atoms with Crippen molar-refractivity contribution in [1.29, 1.82) is 0 Å². The number of hydrogen-bond acceptors (Lipinski definition) is 4. The summed E-state index contributed by atoms with van der Waals surface area (Å²) in [4.78, 5) is 4.38. The van der Waals surface area contributed by atoms with E-state index in [2.05, 4.69) is 22.3 Å². The maximum Gasteiger partial charge on any atom is 0.159 e. The van der Waals surface area contributed by atoms with Gasteiger partial charge in [-0.15, -0.1) is 0 Å². The molecule has 2 aromatic rings. The van der Waals surface area contributed by atoms with Gasteiger partial charge in [0, 0.05) is 25.0 Å². The van der Waals surface area contributed by atoms with E-state index in [0.29, 0.717) is 6.04 Å². The Hall–Kier alpha value is -1.62. The lowest BCUT2D eigenvalue weighted by Gasteiger charge is -2.12. The molecule has 3 heterocycles. The Bertz CT molecular complexity index is 516. The van der Waals surface area contributed by atoms with Crippen LogP contribution in [-0.4, -0.2) is 34.0 Å². The Morgan fingerprint density at radius 1 is 1.59 bits per heavy atom. The van der Waals surface area contributed by atoms with Crippen LogP contribution in [0.4, 0.5) is 5.69 Å². The first-order valence-electron chi connectivity index (χ1n) is 6.03. The van der Waals surface area contributed by atoms with Gasteiger partial charge in [-0.3, -0.25) is 0 Å². The van der Waals surface area contributed by atoms with Gasteiger partial charge in [0.05, 0.1) is 24.2 Å². The van der Waals surface area contributed by atoms with Gasteiger partial charge in [0.1, 0.15) is 0 Å². The predicted octanol–water partition coefficient (Wildman–Crippen LogP) is 1.65. The summed E-state index contributed by atoms with van der Waals surface area (Å²) in [5.41, 5.74) is 2.04. The third-order valence-corrected chi connectivity index (χ3v) is 3.13. The molecular formula is C12H16N4O. The van der Waals surface area contributed by atoms with Crippen molar-refractivity contribution in [1.82, 2.24) is 14.8 Å². The topological polar surface area (TPSA) is 52.0 Å². The van der Waals surface area contributed by atoms with Gasteiger partial charge >= 0.3 is 0 Å². The first kappa shape index (κ1) is 10.5. The molecule has 0 unspecified atom stereocenters. The van der Waals surface area contributed by atoms with Crippen LogP contribution in [-0.2, 0) is 11.3 Å². The van der Waals surface area contributed by atoms with Crippen molar-refractivity contribution < 1.29 is 4.74 Å². The SMILES string of the molecule is CCn1ncc2c(N[C@@H]3CCOC3)ccnc21. The average molecular weight is 232 g/mol. The van der Waals surface area contributed by atoms with E-state index >= 15 is 0 Å². The maximum atomic E-state index is 5.37. The molecule has 1 atom stereocenters. The number of pyridine rings is 1. The number of aromatic nitrogens is 3. The summed E-state index contributed by atoms with van der Waals surface area (Å²) in [5, 5.41) is 8.92. The van der Waals surface area contributed by atoms with Gasteiger partial charge < -0.3 is 10.1 Å². The molecule has 5 heteroatoms. The van der Waals surface area contributed by atoms with E-state index in [1.165, 1.54) is 0 Å². The standard InChI is InChI=1S/C12H16N4O/c1-2-16-12-10(7-14-16)11(3-5-13-12)15-9-4-6-17-8-9/h3,5,7,9H,2,4,6,8H2,1H3,(H,13,15)/t9-/m1/s1. The van der Waals surface area contributed by atoms with E-state index in [9.17, 15) is 0 Å². The maximum absolute atomic E-state index is 5.37. The molecule has 0 bridgehead atoms. The number of fused-ring (bicyclic) bond motifs is 1. The molecule has 5 nitrogen and oxygen atoms in total. The van der Waals surface area contributed by atoms with Gasteiger partial charge in [-0.05, 0) is 19.4 Å². The number of nitrogens with one attached hydrogen (secondary N) is 1. The summed E-state index contributed by atoms with van der Waals surface area (Å²) in [6.07, 6.45) is 4.77. The fourth-order valence-corrected chi connectivity index (χ4v) is 2.20. The molecule has 1 aliphatic rings. The molecule has 1 aliphatic heterocycles. The first-order chi connectivity index (χ1) is 8.38. The Labute approximate surface area is 99.8 Å². The molecule has 0 aromatic carbocycles. The molecular weight excluding hydrogens is 216 g/mol. The molecule has 1 fully saturated rings. The second-order valence-electron chi connectivity index (χ2n) is 4.26. The van der Waals surface area contributed by atoms with E-state index in [1.54, 1.807) is 0 Å². The van der Waals surface area contributed by atoms with E-state index in [4.69, 9.17) is 4.74 Å². The van der Waals surface area contributed by atoms with Crippen molar-refractivity contribution in [2.45, 2.75) is 25.9 Å². The average Bonchev–Trinajstić information content (AvgIpc) is 2.97. The van der Waals surface area contributed by atoms with Crippen LogP contribution in [0.5, 0.6) is 0 Å². The highest BCUT2D eigenvalue weighted by molar-refractivity contribution is 5.88. The number of nitrogens with zero attached hydrogens (tertiary/aromatic N) is 3. The second-order valence-corrected chi connectivity index (χ2v) is 4.26. The van der Waals surface area contributed by atoms with Crippen LogP contribution >= 0.6 is 0 Å². The number of hydrogen-bond donors (Lipinski definition) is 1. The highest BCUT2D eigenvalue weighted by Gasteiger charge is 2.16. The molecule has 17 heavy (non-hydrogen) atoms. The van der Waals surface area contributed by atoms with Crippen molar-refractivity contribution in [3.8, 4) is 0 Å². The summed E-state index contributed by atoms with van der Waals surface area (Å²) < 4.78 is 7.28. The minimum absolute atomic E-state index is 0.408. The van der Waals surface area contributed by atoms with Gasteiger partial charge in [0.25, 0.3) is 0 Å². The Morgan fingerprint density at radius 2 is 2.53 bits per heavy atom. The van der Waals surface area contributed by atoms with Gasteiger partial charge in [0.15, 0.2) is 5.65 Å². The second kappa shape index (κ2) is 4.33. The monoisotopic (exact) mass is 232 g/mol. The molecule has 0 amide bonds. The minimum Gasteiger partial charge on any atom is -0.379 e. The van der Waals surface area contributed by atoms with E-state index < -0.39 is 0 Å². The zero-order valence-corrected chi connectivity index (χ0v) is 9.89. The molecule has 1 N–H and O–H groups in total. The number of rotatable bonds is 3. The Kier molecular flexibility index (Phi) is 2.68. The quantitative estimate of drug-likeness (QED) is 0.874. The normalized spacial score (nSPS) is 19.9. The summed E-state index contributed by atoms with van der Waals surface area (Å²) in [6.45, 7) is 4.54. The largest absolute Gasteiger partial charge is 0.379 e. The van der Waals surface area contributed by atoms with Gasteiger partial charge in [0.2, 0.25) is 0 Å². The molecule has 0 spiro atoms. The lowest BCUT2D eigenvalue weighted by Crippen LogP contribution is -2.19. The lowest BCUT2D eigenvalue weighted by molar-refractivity contribution is 0.195. The molecule has 1 saturated heterocycles. The molecule has 2 aromatic heterocycles. The van der Waals surface area contributed by atoms with Gasteiger partial charge in [-0.2, -0.15) is 5.10 Å². The first-order valence-corrected chi connectivity index (χ1v) is 6.03. The van der Waals surface area contributed by atoms with Crippen LogP contribution < -0.4 is 5.32 Å². The van der Waals surface area contributed by atoms with Crippen LogP contribution in [0.25, 0.3) is 11.0 Å². The van der Waals surface area contributed by atoms with E-state index in [-0.39, 0.29) is 0 Å². The summed E-state index contributed by atoms with van der Waals surface area (Å²) in [7, 11) is 0. The van der Waals surface area contributed by atoms with Gasteiger partial charge in [-0.1, -0.05) is 0 Å². The minimum atomic E-state index is 0.408. The van der Waals surface area contributed by atoms with Crippen molar-refractivity contribution in [2.24, 2.45) is 0 Å². The lowest BCUT2D eigenvalue weighted by atomic mass is 10.2. The third-order valence-electron chi connectivity index (χ3n) is 3.13. The summed E-state index contributed by atoms with van der Waals surface area (Å²) in [6, 6.07) is 2.41. The van der Waals surface area contributed by atoms with Crippen molar-refractivity contribution in [3.05, 3.63) is 18.5 Å². The fourth-order valence-electron chi connectivity index (χ4n) is 2.20. The van der Waals surface area contributed by atoms with Crippen LogP contribution in [0, 0.1) is 0 Å². The zero-order valence-electron chi connectivity index (χ0n) is 9.89. The summed E-state index contributed by atoms with van der Waals surface area (Å²) in [5.74, 6) is 0. The van der Waals surface area contributed by atoms with Gasteiger partial charge in [-0.25, -0.2) is 9.67 Å². The number of ether oxygens (including phenoxy) is 1. The Morgan fingerprint density at radius 3 is 3.29 bits per heavy atom. The highest BCUT2D eigenvalue weighted by atomic mass is 16.5. The van der Waals surface area contributed by atoms with E-state index in [1.807, 2.05) is 23.1 Å². The van der Waals surface area contributed by atoms with Crippen LogP contribution in [0.1, 0.15) is 13.3 Å². The van der Waals surface area contributed by atoms with Crippen LogP contribution in [0.3, 0.4) is 0 Å². The van der Waals surface area contributed by atoms with Crippen LogP contribution in [0.15, 0.2) is 18.5 Å². The number of aryl methyl sites for hydroxylation is 1. The predicted molar refractivity (Wildman–Crippen MR) is 66.0 cm³/mol. The number of anilines is 1. The molecule has 90 valence electrons. The highest BCUT2D eigenvalue weighted by Crippen LogP contribution is 2.23. The molecule has 0 aliphatic carbocycles. The summed E-state index contributed by atoms with van der Waals surface area (Å²) >= 11 is 0. The van der Waals surface area contributed by atoms with Crippen LogP contribution in [0.2, 0.25) is 0 Å². The van der Waals surface area contributed by atoms with Crippen molar-refractivity contribution in [2.75, 3.05) is 18.5 Å². The zero-order chi connectivity index (χ0) is 11.7. The Balaban J connectivity index is 1.95. The smallest absolute Gasteiger partial charge is 0.159 e. The van der Waals surface area contributed by atoms with Crippen molar-refractivity contribution in [3.63, 3.8) is 0 Å². The third kappa shape index (κ3) is 1.86. The molecule has 3 rings (SSSR count). The van der Waals surface area contributed by atoms with E-state index in [0.717, 1.165) is 42.9 Å². The molecule has 0 radical (unpaired) electrons.